The standard InChI is InChI=1S/C11H18F2N2O/c1-10(2,3)9-8(7-15(4)14-9)11(12,13)5-6-16/h7,16H,5-6H2,1-4H3. The van der Waals surface area contributed by atoms with Gasteiger partial charge in [-0.25, -0.2) is 8.78 Å². The van der Waals surface area contributed by atoms with Crippen LogP contribution in [0.4, 0.5) is 8.78 Å². The summed E-state index contributed by atoms with van der Waals surface area (Å²) in [6, 6.07) is 0. The van der Waals surface area contributed by atoms with Gasteiger partial charge >= 0.3 is 0 Å². The van der Waals surface area contributed by atoms with Gasteiger partial charge in [-0.1, -0.05) is 20.8 Å². The number of rotatable bonds is 3. The molecule has 0 spiro atoms. The van der Waals surface area contributed by atoms with Gasteiger partial charge in [0.1, 0.15) is 0 Å². The molecule has 1 aromatic heterocycles. The van der Waals surface area contributed by atoms with Gasteiger partial charge in [-0.2, -0.15) is 5.10 Å². The Hall–Kier alpha value is -0.970. The molecule has 0 aliphatic carbocycles. The van der Waals surface area contributed by atoms with Crippen molar-refractivity contribution in [1.29, 1.82) is 0 Å². The van der Waals surface area contributed by atoms with E-state index in [1.54, 1.807) is 7.05 Å². The molecule has 0 atom stereocenters. The molecular weight excluding hydrogens is 214 g/mol. The molecule has 0 unspecified atom stereocenters. The highest BCUT2D eigenvalue weighted by Gasteiger charge is 2.38. The van der Waals surface area contributed by atoms with E-state index < -0.39 is 24.4 Å². The van der Waals surface area contributed by atoms with Crippen LogP contribution in [0.5, 0.6) is 0 Å². The van der Waals surface area contributed by atoms with Gasteiger partial charge in [0, 0.05) is 31.7 Å². The Morgan fingerprint density at radius 2 is 1.94 bits per heavy atom. The van der Waals surface area contributed by atoms with Crippen molar-refractivity contribution >= 4 is 0 Å². The van der Waals surface area contributed by atoms with Gasteiger partial charge < -0.3 is 5.11 Å². The van der Waals surface area contributed by atoms with Gasteiger partial charge in [0.2, 0.25) is 0 Å². The molecule has 1 N–H and O–H groups in total. The average molecular weight is 232 g/mol. The third-order valence-electron chi connectivity index (χ3n) is 2.36. The van der Waals surface area contributed by atoms with Crippen LogP contribution < -0.4 is 0 Å². The molecule has 0 aliphatic heterocycles. The lowest BCUT2D eigenvalue weighted by atomic mass is 9.87. The molecule has 0 saturated heterocycles. The van der Waals surface area contributed by atoms with Gasteiger partial charge in [-0.3, -0.25) is 4.68 Å². The zero-order chi connectivity index (χ0) is 12.6. The first kappa shape index (κ1) is 13.1. The van der Waals surface area contributed by atoms with E-state index in [1.165, 1.54) is 10.9 Å². The Kier molecular flexibility index (Phi) is 3.38. The van der Waals surface area contributed by atoms with Crippen molar-refractivity contribution in [3.05, 3.63) is 17.5 Å². The number of nitrogens with zero attached hydrogens (tertiary/aromatic N) is 2. The molecule has 0 amide bonds. The van der Waals surface area contributed by atoms with Crippen LogP contribution in [0.3, 0.4) is 0 Å². The average Bonchev–Trinajstić information content (AvgIpc) is 2.46. The smallest absolute Gasteiger partial charge is 0.278 e. The van der Waals surface area contributed by atoms with Crippen LogP contribution in [0.1, 0.15) is 38.4 Å². The van der Waals surface area contributed by atoms with Crippen molar-refractivity contribution in [3.8, 4) is 0 Å². The third kappa shape index (κ3) is 2.58. The maximum absolute atomic E-state index is 13.7. The van der Waals surface area contributed by atoms with E-state index >= 15 is 0 Å². The van der Waals surface area contributed by atoms with Crippen molar-refractivity contribution in [2.75, 3.05) is 6.61 Å². The predicted molar refractivity (Wildman–Crippen MR) is 57.5 cm³/mol. The number of halogens is 2. The number of aromatic nitrogens is 2. The summed E-state index contributed by atoms with van der Waals surface area (Å²) in [5, 5.41) is 12.7. The lowest BCUT2D eigenvalue weighted by Gasteiger charge is -2.21. The van der Waals surface area contributed by atoms with Crippen LogP contribution in [0, 0.1) is 0 Å². The quantitative estimate of drug-likeness (QED) is 0.867. The lowest BCUT2D eigenvalue weighted by Crippen LogP contribution is -2.22. The SMILES string of the molecule is Cn1cc(C(F)(F)CCO)c(C(C)(C)C)n1. The fraction of sp³-hybridized carbons (Fsp3) is 0.727. The van der Waals surface area contributed by atoms with E-state index in [0.29, 0.717) is 5.69 Å². The molecule has 92 valence electrons. The molecule has 0 fully saturated rings. The summed E-state index contributed by atoms with van der Waals surface area (Å²) in [6.07, 6.45) is 0.762. The van der Waals surface area contributed by atoms with Crippen molar-refractivity contribution in [1.82, 2.24) is 9.78 Å². The summed E-state index contributed by atoms with van der Waals surface area (Å²) in [4.78, 5) is 0. The minimum atomic E-state index is -3.02. The topological polar surface area (TPSA) is 38.0 Å². The minimum Gasteiger partial charge on any atom is -0.396 e. The molecule has 3 nitrogen and oxygen atoms in total. The first-order valence-corrected chi connectivity index (χ1v) is 5.22. The maximum atomic E-state index is 13.7. The van der Waals surface area contributed by atoms with Crippen LogP contribution in [-0.2, 0) is 18.4 Å². The van der Waals surface area contributed by atoms with E-state index in [4.69, 9.17) is 5.11 Å². The van der Waals surface area contributed by atoms with Gasteiger partial charge in [0.15, 0.2) is 0 Å². The van der Waals surface area contributed by atoms with Crippen molar-refractivity contribution in [2.24, 2.45) is 7.05 Å². The Morgan fingerprint density at radius 3 is 2.38 bits per heavy atom. The summed E-state index contributed by atoms with van der Waals surface area (Å²) < 4.78 is 28.9. The Morgan fingerprint density at radius 1 is 1.38 bits per heavy atom. The Labute approximate surface area is 94.1 Å². The Bertz CT molecular complexity index is 367. The molecule has 1 rings (SSSR count). The molecule has 1 aromatic rings. The van der Waals surface area contributed by atoms with Crippen molar-refractivity contribution in [2.45, 2.75) is 38.5 Å². The number of alkyl halides is 2. The number of aryl methyl sites for hydroxylation is 1. The summed E-state index contributed by atoms with van der Waals surface area (Å²) in [6.45, 7) is 4.99. The number of aliphatic hydroxyl groups excluding tert-OH is 1. The molecule has 0 aromatic carbocycles. The third-order valence-corrected chi connectivity index (χ3v) is 2.36. The summed E-state index contributed by atoms with van der Waals surface area (Å²) in [5.74, 6) is -3.02. The first-order chi connectivity index (χ1) is 7.18. The van der Waals surface area contributed by atoms with E-state index in [-0.39, 0.29) is 5.56 Å². The molecule has 0 saturated carbocycles. The normalized spacial score (nSPS) is 13.2. The lowest BCUT2D eigenvalue weighted by molar-refractivity contribution is -0.0284. The van der Waals surface area contributed by atoms with E-state index in [0.717, 1.165) is 0 Å². The monoisotopic (exact) mass is 232 g/mol. The largest absolute Gasteiger partial charge is 0.396 e. The highest BCUT2D eigenvalue weighted by atomic mass is 19.3. The predicted octanol–water partition coefficient (Wildman–Crippen LogP) is 2.19. The van der Waals surface area contributed by atoms with E-state index in [2.05, 4.69) is 5.10 Å². The molecule has 16 heavy (non-hydrogen) atoms. The highest BCUT2D eigenvalue weighted by molar-refractivity contribution is 5.28. The van der Waals surface area contributed by atoms with Crippen LogP contribution in [-0.4, -0.2) is 21.5 Å². The second kappa shape index (κ2) is 4.13. The molecule has 0 aliphatic rings. The maximum Gasteiger partial charge on any atom is 0.278 e. The van der Waals surface area contributed by atoms with E-state index in [9.17, 15) is 8.78 Å². The summed E-state index contributed by atoms with van der Waals surface area (Å²) >= 11 is 0. The molecule has 0 bridgehead atoms. The van der Waals surface area contributed by atoms with Crippen molar-refractivity contribution < 1.29 is 13.9 Å². The molecule has 0 radical (unpaired) electrons. The second-order valence-electron chi connectivity index (χ2n) is 4.99. The van der Waals surface area contributed by atoms with E-state index in [1.807, 2.05) is 20.8 Å². The fourth-order valence-electron chi connectivity index (χ4n) is 1.59. The van der Waals surface area contributed by atoms with Crippen LogP contribution in [0.25, 0.3) is 0 Å². The zero-order valence-corrected chi connectivity index (χ0v) is 10.1. The molecular formula is C11H18F2N2O. The number of hydrogen-bond acceptors (Lipinski definition) is 2. The fourth-order valence-corrected chi connectivity index (χ4v) is 1.59. The molecule has 1 heterocycles. The van der Waals surface area contributed by atoms with Gasteiger partial charge in [-0.05, 0) is 0 Å². The summed E-state index contributed by atoms with van der Waals surface area (Å²) in [5.41, 5.74) is -0.139. The number of aliphatic hydroxyl groups is 1. The van der Waals surface area contributed by atoms with Gasteiger partial charge in [-0.15, -0.1) is 0 Å². The number of hydrogen-bond donors (Lipinski definition) is 1. The Balaban J connectivity index is 3.23. The molecule has 5 heteroatoms. The van der Waals surface area contributed by atoms with Crippen molar-refractivity contribution in [3.63, 3.8) is 0 Å². The van der Waals surface area contributed by atoms with Crippen LogP contribution >= 0.6 is 0 Å². The van der Waals surface area contributed by atoms with Crippen LogP contribution in [0.15, 0.2) is 6.20 Å². The second-order valence-corrected chi connectivity index (χ2v) is 4.99. The van der Waals surface area contributed by atoms with Gasteiger partial charge in [0.25, 0.3) is 5.92 Å². The first-order valence-electron chi connectivity index (χ1n) is 5.22. The highest BCUT2D eigenvalue weighted by Crippen LogP contribution is 2.37. The van der Waals surface area contributed by atoms with Crippen LogP contribution in [0.2, 0.25) is 0 Å². The van der Waals surface area contributed by atoms with Gasteiger partial charge in [0.05, 0.1) is 11.3 Å². The minimum absolute atomic E-state index is 0.0865. The zero-order valence-electron chi connectivity index (χ0n) is 10.1. The summed E-state index contributed by atoms with van der Waals surface area (Å²) in [7, 11) is 1.62.